The molecule has 0 spiro atoms. The molecule has 2 N–H and O–H groups in total. The van der Waals surface area contributed by atoms with Crippen LogP contribution in [0.25, 0.3) is 0 Å². The van der Waals surface area contributed by atoms with Crippen molar-refractivity contribution in [2.24, 2.45) is 5.10 Å². The van der Waals surface area contributed by atoms with Crippen molar-refractivity contribution >= 4 is 23.8 Å². The van der Waals surface area contributed by atoms with Crippen molar-refractivity contribution in [3.8, 4) is 11.5 Å². The molecule has 2 rings (SSSR count). The third-order valence-corrected chi connectivity index (χ3v) is 3.71. The van der Waals surface area contributed by atoms with E-state index in [1.54, 1.807) is 12.1 Å². The van der Waals surface area contributed by atoms with E-state index < -0.39 is 30.0 Å². The second kappa shape index (κ2) is 10.4. The molecule has 0 aliphatic rings. The van der Waals surface area contributed by atoms with Crippen LogP contribution in [0.1, 0.15) is 11.1 Å². The van der Waals surface area contributed by atoms with Gasteiger partial charge in [0, 0.05) is 11.6 Å². The second-order valence-electron chi connectivity index (χ2n) is 5.96. The number of hydrogen-bond donors (Lipinski definition) is 2. The maximum absolute atomic E-state index is 11.5. The maximum atomic E-state index is 11.5. The highest BCUT2D eigenvalue weighted by molar-refractivity contribution is 5.83. The molecule has 11 heteroatoms. The van der Waals surface area contributed by atoms with E-state index in [0.29, 0.717) is 0 Å². The monoisotopic (exact) mass is 417 g/mol. The summed E-state index contributed by atoms with van der Waals surface area (Å²) >= 11 is 0. The van der Waals surface area contributed by atoms with Gasteiger partial charge in [0.2, 0.25) is 5.75 Å². The van der Waals surface area contributed by atoms with E-state index in [9.17, 15) is 19.7 Å². The van der Waals surface area contributed by atoms with Crippen molar-refractivity contribution in [2.45, 2.75) is 6.61 Å². The van der Waals surface area contributed by atoms with Crippen molar-refractivity contribution in [2.75, 3.05) is 20.2 Å². The minimum Gasteiger partial charge on any atom is -0.493 e. The van der Waals surface area contributed by atoms with Gasteiger partial charge in [0.05, 0.1) is 18.2 Å². The van der Waals surface area contributed by atoms with Gasteiger partial charge in [0.1, 0.15) is 19.7 Å². The predicted molar refractivity (Wildman–Crippen MR) is 105 cm³/mol. The molecule has 0 aliphatic carbocycles. The predicted octanol–water partition coefficient (Wildman–Crippen LogP) is 1.99. The molecule has 0 radical (unpaired) electrons. The lowest BCUT2D eigenvalue weighted by molar-refractivity contribution is -0.386. The Morgan fingerprint density at radius 2 is 1.80 bits per heavy atom. The van der Waals surface area contributed by atoms with Gasteiger partial charge >= 0.3 is 17.6 Å². The highest BCUT2D eigenvalue weighted by Gasteiger charge is 2.22. The van der Waals surface area contributed by atoms with E-state index >= 15 is 0 Å². The zero-order valence-corrected chi connectivity index (χ0v) is 15.9. The molecule has 2 aromatic carbocycles. The second-order valence-corrected chi connectivity index (χ2v) is 5.96. The molecule has 0 bridgehead atoms. The fourth-order valence-electron chi connectivity index (χ4n) is 2.44. The van der Waals surface area contributed by atoms with Gasteiger partial charge in [-0.15, -0.1) is 0 Å². The molecule has 0 atom stereocenters. The van der Waals surface area contributed by atoms with Crippen molar-refractivity contribution in [3.05, 3.63) is 63.7 Å². The Bertz CT molecular complexity index is 930. The molecule has 11 nitrogen and oxygen atoms in total. The van der Waals surface area contributed by atoms with E-state index in [0.717, 1.165) is 16.8 Å². The van der Waals surface area contributed by atoms with Gasteiger partial charge in [-0.1, -0.05) is 30.3 Å². The largest absolute Gasteiger partial charge is 0.493 e. The van der Waals surface area contributed by atoms with Gasteiger partial charge in [0.15, 0.2) is 5.75 Å². The van der Waals surface area contributed by atoms with Crippen LogP contribution in [0, 0.1) is 10.1 Å². The average molecular weight is 417 g/mol. The lowest BCUT2D eigenvalue weighted by atomic mass is 10.1. The van der Waals surface area contributed by atoms with E-state index in [-0.39, 0.29) is 29.4 Å². The lowest BCUT2D eigenvalue weighted by Gasteiger charge is -2.14. The van der Waals surface area contributed by atoms with E-state index in [1.165, 1.54) is 19.2 Å². The molecule has 30 heavy (non-hydrogen) atoms. The summed E-state index contributed by atoms with van der Waals surface area (Å²) in [5.74, 6) is -2.55. The Kier molecular flexibility index (Phi) is 7.68. The SMILES string of the molecule is COc1cc(/C=N\N(CC(=O)O)CC(=O)O)cc([N+](=O)[O-])c1OCc1ccccc1. The quantitative estimate of drug-likeness (QED) is 0.317. The highest BCUT2D eigenvalue weighted by Crippen LogP contribution is 2.38. The number of ether oxygens (including phenoxy) is 2. The van der Waals surface area contributed by atoms with Gasteiger partial charge in [0.25, 0.3) is 0 Å². The maximum Gasteiger partial charge on any atom is 0.324 e. The van der Waals surface area contributed by atoms with Crippen LogP contribution in [0.15, 0.2) is 47.6 Å². The molecular formula is C19H19N3O8. The van der Waals surface area contributed by atoms with Crippen molar-refractivity contribution in [1.82, 2.24) is 5.01 Å². The van der Waals surface area contributed by atoms with Gasteiger partial charge in [-0.3, -0.25) is 24.7 Å². The van der Waals surface area contributed by atoms with Gasteiger partial charge in [-0.05, 0) is 11.6 Å². The van der Waals surface area contributed by atoms with Gasteiger partial charge < -0.3 is 19.7 Å². The number of hydrogen-bond acceptors (Lipinski definition) is 8. The zero-order valence-electron chi connectivity index (χ0n) is 15.9. The van der Waals surface area contributed by atoms with E-state index in [2.05, 4.69) is 5.10 Å². The molecule has 0 unspecified atom stereocenters. The van der Waals surface area contributed by atoms with Gasteiger partial charge in [-0.2, -0.15) is 5.10 Å². The Balaban J connectivity index is 2.33. The molecule has 0 heterocycles. The number of carboxylic acids is 2. The molecule has 158 valence electrons. The lowest BCUT2D eigenvalue weighted by Crippen LogP contribution is -2.30. The third kappa shape index (κ3) is 6.48. The Morgan fingerprint density at radius 3 is 2.33 bits per heavy atom. The summed E-state index contributed by atoms with van der Waals surface area (Å²) in [7, 11) is 1.32. The van der Waals surface area contributed by atoms with E-state index in [4.69, 9.17) is 19.7 Å². The van der Waals surface area contributed by atoms with Crippen molar-refractivity contribution in [1.29, 1.82) is 0 Å². The first-order valence-electron chi connectivity index (χ1n) is 8.55. The number of nitro benzene ring substituents is 1. The fourth-order valence-corrected chi connectivity index (χ4v) is 2.44. The molecule has 0 saturated carbocycles. The fraction of sp³-hybridized carbons (Fsp3) is 0.211. The normalized spacial score (nSPS) is 10.6. The smallest absolute Gasteiger partial charge is 0.324 e. The third-order valence-electron chi connectivity index (χ3n) is 3.71. The van der Waals surface area contributed by atoms with Crippen LogP contribution in [0.3, 0.4) is 0 Å². The number of benzene rings is 2. The standard InChI is InChI=1S/C19H19N3O8/c1-29-16-8-14(9-20-21(10-17(23)24)11-18(25)26)7-15(22(27)28)19(16)30-12-13-5-3-2-4-6-13/h2-9H,10-12H2,1H3,(H,23,24)(H,25,26)/b20-9-. The zero-order chi connectivity index (χ0) is 22.1. The van der Waals surface area contributed by atoms with Crippen LogP contribution in [0.2, 0.25) is 0 Å². The molecule has 0 aromatic heterocycles. The van der Waals surface area contributed by atoms with Crippen LogP contribution in [-0.2, 0) is 16.2 Å². The van der Waals surface area contributed by atoms with Crippen LogP contribution < -0.4 is 9.47 Å². The number of aliphatic carboxylic acids is 2. The molecule has 0 fully saturated rings. The summed E-state index contributed by atoms with van der Waals surface area (Å²) in [6.07, 6.45) is 1.11. The first-order chi connectivity index (χ1) is 14.3. The Morgan fingerprint density at radius 1 is 1.17 bits per heavy atom. The van der Waals surface area contributed by atoms with Crippen LogP contribution in [0.5, 0.6) is 11.5 Å². The average Bonchev–Trinajstić information content (AvgIpc) is 2.70. The van der Waals surface area contributed by atoms with Crippen molar-refractivity contribution in [3.63, 3.8) is 0 Å². The summed E-state index contributed by atoms with van der Waals surface area (Å²) in [5.41, 5.74) is 0.624. The number of hydrazone groups is 1. The number of carboxylic acid groups (broad SMARTS) is 2. The van der Waals surface area contributed by atoms with E-state index in [1.807, 2.05) is 18.2 Å². The number of nitrogens with zero attached hydrogens (tertiary/aromatic N) is 3. The Hall–Kier alpha value is -4.15. The molecule has 2 aromatic rings. The first-order valence-corrected chi connectivity index (χ1v) is 8.55. The molecular weight excluding hydrogens is 398 g/mol. The minimum atomic E-state index is -1.28. The Labute approximate surface area is 170 Å². The van der Waals surface area contributed by atoms with Gasteiger partial charge in [-0.25, -0.2) is 0 Å². The summed E-state index contributed by atoms with van der Waals surface area (Å²) in [4.78, 5) is 32.6. The first kappa shape index (κ1) is 22.1. The van der Waals surface area contributed by atoms with Crippen LogP contribution >= 0.6 is 0 Å². The molecule has 0 saturated heterocycles. The number of carbonyl (C=O) groups is 2. The number of nitro groups is 1. The summed E-state index contributed by atoms with van der Waals surface area (Å²) in [6, 6.07) is 11.6. The summed E-state index contributed by atoms with van der Waals surface area (Å²) in [6.45, 7) is -1.23. The number of methoxy groups -OCH3 is 1. The summed E-state index contributed by atoms with van der Waals surface area (Å²) < 4.78 is 10.8. The van der Waals surface area contributed by atoms with Crippen LogP contribution in [-0.4, -0.2) is 58.5 Å². The molecule has 0 amide bonds. The summed E-state index contributed by atoms with van der Waals surface area (Å²) in [5, 5.41) is 33.8. The highest BCUT2D eigenvalue weighted by atomic mass is 16.6. The number of rotatable bonds is 11. The topological polar surface area (TPSA) is 152 Å². The van der Waals surface area contributed by atoms with Crippen LogP contribution in [0.4, 0.5) is 5.69 Å². The molecule has 0 aliphatic heterocycles. The minimum absolute atomic E-state index is 0.0727. The van der Waals surface area contributed by atoms with Crippen molar-refractivity contribution < 1.29 is 34.2 Å².